The second-order valence-electron chi connectivity index (χ2n) is 3.67. The maximum absolute atomic E-state index is 13.8. The first-order chi connectivity index (χ1) is 8.74. The lowest BCUT2D eigenvalue weighted by molar-refractivity contribution is 0.549. The molecule has 0 aliphatic rings. The minimum Gasteiger partial charge on any atom is -0.340 e. The lowest BCUT2D eigenvalue weighted by Crippen LogP contribution is -2.05. The third-order valence-corrected chi connectivity index (χ3v) is 3.06. The van der Waals surface area contributed by atoms with E-state index in [2.05, 4.69) is 15.3 Å². The van der Waals surface area contributed by atoms with Crippen molar-refractivity contribution in [1.29, 1.82) is 0 Å². The van der Waals surface area contributed by atoms with E-state index < -0.39 is 5.95 Å². The van der Waals surface area contributed by atoms with Crippen molar-refractivity contribution >= 4 is 23.3 Å². The van der Waals surface area contributed by atoms with Crippen molar-refractivity contribution in [2.75, 3.05) is 11.6 Å². The van der Waals surface area contributed by atoms with Gasteiger partial charge in [0.25, 0.3) is 0 Å². The molecule has 18 heavy (non-hydrogen) atoms. The van der Waals surface area contributed by atoms with Gasteiger partial charge >= 0.3 is 0 Å². The molecule has 0 spiro atoms. The fraction of sp³-hybridized carbons (Fsp3) is 0.231. The van der Waals surface area contributed by atoms with Crippen LogP contribution in [0.25, 0.3) is 0 Å². The van der Waals surface area contributed by atoms with Gasteiger partial charge in [0.1, 0.15) is 5.82 Å². The predicted molar refractivity (Wildman–Crippen MR) is 72.9 cm³/mol. The van der Waals surface area contributed by atoms with E-state index in [-0.39, 0.29) is 0 Å². The van der Waals surface area contributed by atoms with E-state index >= 15 is 0 Å². The highest BCUT2D eigenvalue weighted by Crippen LogP contribution is 2.23. The molecule has 0 atom stereocenters. The van der Waals surface area contributed by atoms with Gasteiger partial charge in [-0.25, -0.2) is 4.98 Å². The first-order valence-corrected chi connectivity index (χ1v) is 6.89. The van der Waals surface area contributed by atoms with Crippen LogP contribution in [-0.4, -0.2) is 16.2 Å². The number of anilines is 2. The van der Waals surface area contributed by atoms with Crippen LogP contribution < -0.4 is 5.32 Å². The molecular formula is C13H14FN3S. The summed E-state index contributed by atoms with van der Waals surface area (Å²) in [6.45, 7) is 1.89. The number of nitrogens with zero attached hydrogens (tertiary/aromatic N) is 2. The zero-order chi connectivity index (χ0) is 13.0. The largest absolute Gasteiger partial charge is 0.340 e. The molecule has 0 radical (unpaired) electrons. The molecule has 5 heteroatoms. The van der Waals surface area contributed by atoms with Crippen molar-refractivity contribution in [2.24, 2.45) is 0 Å². The van der Waals surface area contributed by atoms with E-state index in [1.165, 1.54) is 11.8 Å². The molecule has 0 aliphatic heterocycles. The lowest BCUT2D eigenvalue weighted by atomic mass is 10.2. The van der Waals surface area contributed by atoms with Gasteiger partial charge in [-0.15, -0.1) is 0 Å². The summed E-state index contributed by atoms with van der Waals surface area (Å²) in [7, 11) is 0. The Balaban J connectivity index is 2.39. The Kier molecular flexibility index (Phi) is 4.15. The molecular weight excluding hydrogens is 249 g/mol. The van der Waals surface area contributed by atoms with E-state index in [4.69, 9.17) is 0 Å². The zero-order valence-corrected chi connectivity index (χ0v) is 11.1. The number of hydrogen-bond acceptors (Lipinski definition) is 4. The Labute approximate surface area is 110 Å². The third kappa shape index (κ3) is 2.79. The molecule has 2 aromatic rings. The number of halogens is 1. The monoisotopic (exact) mass is 263 g/mol. The van der Waals surface area contributed by atoms with E-state index in [1.54, 1.807) is 0 Å². The Hall–Kier alpha value is -1.62. The van der Waals surface area contributed by atoms with Crippen LogP contribution >= 0.6 is 11.8 Å². The van der Waals surface area contributed by atoms with Crippen molar-refractivity contribution in [3.63, 3.8) is 0 Å². The summed E-state index contributed by atoms with van der Waals surface area (Å²) in [6, 6.07) is 9.60. The maximum Gasteiger partial charge on any atom is 0.222 e. The number of nitrogens with one attached hydrogen (secondary N) is 1. The highest BCUT2D eigenvalue weighted by molar-refractivity contribution is 7.98. The van der Waals surface area contributed by atoms with Crippen LogP contribution in [0.4, 0.5) is 15.9 Å². The summed E-state index contributed by atoms with van der Waals surface area (Å²) >= 11 is 1.32. The summed E-state index contributed by atoms with van der Waals surface area (Å²) in [5, 5.41) is 3.57. The number of hydrogen-bond donors (Lipinski definition) is 1. The van der Waals surface area contributed by atoms with Crippen LogP contribution in [0.1, 0.15) is 12.5 Å². The number of thioether (sulfide) groups is 1. The SMILES string of the molecule is CCc1c(F)nc(SC)nc1Nc1ccccc1. The molecule has 1 aromatic carbocycles. The Bertz CT molecular complexity index is 531. The molecule has 0 saturated heterocycles. The highest BCUT2D eigenvalue weighted by Gasteiger charge is 2.12. The molecule has 0 unspecified atom stereocenters. The molecule has 0 bridgehead atoms. The Morgan fingerprint density at radius 3 is 2.56 bits per heavy atom. The predicted octanol–water partition coefficient (Wildman–Crippen LogP) is 3.64. The topological polar surface area (TPSA) is 37.8 Å². The van der Waals surface area contributed by atoms with Crippen molar-refractivity contribution < 1.29 is 4.39 Å². The summed E-state index contributed by atoms with van der Waals surface area (Å²) in [5.74, 6) is 0.0934. The number of para-hydroxylation sites is 1. The van der Waals surface area contributed by atoms with E-state index in [0.29, 0.717) is 23.0 Å². The molecule has 94 valence electrons. The van der Waals surface area contributed by atoms with Crippen molar-refractivity contribution in [3.05, 3.63) is 41.8 Å². The fourth-order valence-electron chi connectivity index (χ4n) is 1.60. The number of aromatic nitrogens is 2. The minimum atomic E-state index is -0.449. The average Bonchev–Trinajstić information content (AvgIpc) is 2.39. The van der Waals surface area contributed by atoms with E-state index in [1.807, 2.05) is 43.5 Å². The fourth-order valence-corrected chi connectivity index (χ4v) is 1.96. The van der Waals surface area contributed by atoms with Crippen LogP contribution in [-0.2, 0) is 6.42 Å². The molecule has 1 N–H and O–H groups in total. The summed E-state index contributed by atoms with van der Waals surface area (Å²) < 4.78 is 13.8. The first-order valence-electron chi connectivity index (χ1n) is 5.67. The van der Waals surface area contributed by atoms with Crippen LogP contribution in [0.3, 0.4) is 0 Å². The second-order valence-corrected chi connectivity index (χ2v) is 4.45. The van der Waals surface area contributed by atoms with Crippen molar-refractivity contribution in [1.82, 2.24) is 9.97 Å². The molecule has 3 nitrogen and oxygen atoms in total. The smallest absolute Gasteiger partial charge is 0.222 e. The summed E-state index contributed by atoms with van der Waals surface area (Å²) in [6.07, 6.45) is 2.38. The normalized spacial score (nSPS) is 10.4. The van der Waals surface area contributed by atoms with Gasteiger partial charge in [0, 0.05) is 11.3 Å². The highest BCUT2D eigenvalue weighted by atomic mass is 32.2. The van der Waals surface area contributed by atoms with Crippen LogP contribution in [0.5, 0.6) is 0 Å². The Morgan fingerprint density at radius 1 is 1.22 bits per heavy atom. The number of rotatable bonds is 4. The molecule has 0 amide bonds. The quantitative estimate of drug-likeness (QED) is 0.519. The van der Waals surface area contributed by atoms with Gasteiger partial charge in [0.05, 0.1) is 0 Å². The molecule has 1 aromatic heterocycles. The maximum atomic E-state index is 13.8. The average molecular weight is 263 g/mol. The first kappa shape index (κ1) is 12.8. The van der Waals surface area contributed by atoms with E-state index in [0.717, 1.165) is 5.69 Å². The van der Waals surface area contributed by atoms with Crippen LogP contribution in [0.15, 0.2) is 35.5 Å². The van der Waals surface area contributed by atoms with Gasteiger partial charge in [-0.2, -0.15) is 9.37 Å². The van der Waals surface area contributed by atoms with Gasteiger partial charge in [-0.3, -0.25) is 0 Å². The number of benzene rings is 1. The van der Waals surface area contributed by atoms with Crippen LogP contribution in [0.2, 0.25) is 0 Å². The summed E-state index contributed by atoms with van der Waals surface area (Å²) in [4.78, 5) is 8.13. The van der Waals surface area contributed by atoms with Crippen LogP contribution in [0, 0.1) is 5.95 Å². The molecule has 0 saturated carbocycles. The second kappa shape index (κ2) is 5.82. The summed E-state index contributed by atoms with van der Waals surface area (Å²) in [5.41, 5.74) is 1.40. The van der Waals surface area contributed by atoms with Crippen molar-refractivity contribution in [3.8, 4) is 0 Å². The van der Waals surface area contributed by atoms with Crippen molar-refractivity contribution in [2.45, 2.75) is 18.5 Å². The van der Waals surface area contributed by atoms with Gasteiger partial charge in [-0.1, -0.05) is 36.9 Å². The Morgan fingerprint density at radius 2 is 1.94 bits per heavy atom. The van der Waals surface area contributed by atoms with E-state index in [9.17, 15) is 4.39 Å². The van der Waals surface area contributed by atoms with Gasteiger partial charge in [-0.05, 0) is 24.8 Å². The van der Waals surface area contributed by atoms with Gasteiger partial charge in [0.2, 0.25) is 5.95 Å². The van der Waals surface area contributed by atoms with Gasteiger partial charge < -0.3 is 5.32 Å². The zero-order valence-electron chi connectivity index (χ0n) is 10.3. The standard InChI is InChI=1S/C13H14FN3S/c1-3-10-11(14)16-13(18-2)17-12(10)15-9-7-5-4-6-8-9/h4-8H,3H2,1-2H3,(H,15,16,17). The third-order valence-electron chi connectivity index (χ3n) is 2.51. The molecule has 0 aliphatic carbocycles. The molecule has 1 heterocycles. The molecule has 0 fully saturated rings. The van der Waals surface area contributed by atoms with Gasteiger partial charge in [0.15, 0.2) is 5.16 Å². The molecule has 2 rings (SSSR count). The minimum absolute atomic E-state index is 0.433. The lowest BCUT2D eigenvalue weighted by Gasteiger charge is -2.11.